The molecule has 0 amide bonds. The third kappa shape index (κ3) is 6.59. The lowest BCUT2D eigenvalue weighted by molar-refractivity contribution is 0.193. The van der Waals surface area contributed by atoms with E-state index in [0.29, 0.717) is 30.5 Å². The predicted octanol–water partition coefficient (Wildman–Crippen LogP) is 3.40. The third-order valence-electron chi connectivity index (χ3n) is 4.48. The maximum atomic E-state index is 6.07. The van der Waals surface area contributed by atoms with Gasteiger partial charge in [0, 0.05) is 6.54 Å². The van der Waals surface area contributed by atoms with E-state index in [0.717, 1.165) is 24.4 Å². The molecule has 0 saturated carbocycles. The highest BCUT2D eigenvalue weighted by Gasteiger charge is 2.20. The van der Waals surface area contributed by atoms with Gasteiger partial charge in [-0.25, -0.2) is 4.99 Å². The Morgan fingerprint density at radius 1 is 1.18 bits per heavy atom. The van der Waals surface area contributed by atoms with Crippen molar-refractivity contribution in [3.63, 3.8) is 0 Å². The summed E-state index contributed by atoms with van der Waals surface area (Å²) in [6.45, 7) is 7.19. The summed E-state index contributed by atoms with van der Waals surface area (Å²) in [5.41, 5.74) is 7.06. The van der Waals surface area contributed by atoms with Gasteiger partial charge < -0.3 is 24.9 Å². The van der Waals surface area contributed by atoms with E-state index in [1.807, 2.05) is 30.3 Å². The number of nitrogens with zero attached hydrogens (tertiary/aromatic N) is 2. The quantitative estimate of drug-likeness (QED) is 0.294. The number of guanidine groups is 1. The Morgan fingerprint density at radius 2 is 1.89 bits per heavy atom. The summed E-state index contributed by atoms with van der Waals surface area (Å²) < 4.78 is 16.2. The van der Waals surface area contributed by atoms with Crippen LogP contribution in [0.15, 0.2) is 46.0 Å². The van der Waals surface area contributed by atoms with Gasteiger partial charge in [-0.3, -0.25) is 4.90 Å². The van der Waals surface area contributed by atoms with Crippen LogP contribution in [0, 0.1) is 0 Å². The lowest BCUT2D eigenvalue weighted by atomic mass is 10.2. The van der Waals surface area contributed by atoms with Crippen molar-refractivity contribution in [2.24, 2.45) is 10.7 Å². The highest BCUT2D eigenvalue weighted by molar-refractivity contribution is 14.0. The molecule has 1 heterocycles. The fourth-order valence-electron chi connectivity index (χ4n) is 2.97. The zero-order valence-corrected chi connectivity index (χ0v) is 19.3. The topological polar surface area (TPSA) is 85.2 Å². The number of rotatable bonds is 10. The van der Waals surface area contributed by atoms with Crippen LogP contribution in [0.25, 0.3) is 0 Å². The van der Waals surface area contributed by atoms with Crippen molar-refractivity contribution in [3.05, 3.63) is 47.9 Å². The largest absolute Gasteiger partial charge is 0.493 e. The number of ether oxygens (including phenoxy) is 2. The van der Waals surface area contributed by atoms with Gasteiger partial charge in [0.2, 0.25) is 0 Å². The molecule has 0 fully saturated rings. The Bertz CT molecular complexity index is 718. The minimum absolute atomic E-state index is 0. The third-order valence-corrected chi connectivity index (χ3v) is 4.48. The maximum Gasteiger partial charge on any atom is 0.188 e. The molecule has 156 valence electrons. The monoisotopic (exact) mass is 502 g/mol. The van der Waals surface area contributed by atoms with Crippen molar-refractivity contribution in [2.45, 2.75) is 26.4 Å². The molecule has 2 rings (SSSR count). The molecule has 28 heavy (non-hydrogen) atoms. The van der Waals surface area contributed by atoms with Crippen LogP contribution in [0.3, 0.4) is 0 Å². The summed E-state index contributed by atoms with van der Waals surface area (Å²) >= 11 is 0. The molecule has 0 spiro atoms. The second kappa shape index (κ2) is 12.5. The summed E-state index contributed by atoms with van der Waals surface area (Å²) in [4.78, 5) is 6.74. The van der Waals surface area contributed by atoms with Crippen LogP contribution in [0.1, 0.15) is 31.2 Å². The molecule has 1 atom stereocenters. The van der Waals surface area contributed by atoms with Crippen LogP contribution in [-0.4, -0.2) is 44.7 Å². The summed E-state index contributed by atoms with van der Waals surface area (Å²) in [5, 5.41) is 3.21. The normalized spacial score (nSPS) is 12.4. The lowest BCUT2D eigenvalue weighted by Gasteiger charge is -2.28. The summed E-state index contributed by atoms with van der Waals surface area (Å²) in [6.07, 6.45) is 1.69. The highest BCUT2D eigenvalue weighted by Crippen LogP contribution is 2.27. The summed E-state index contributed by atoms with van der Waals surface area (Å²) in [6, 6.07) is 9.70. The van der Waals surface area contributed by atoms with E-state index in [9.17, 15) is 0 Å². The van der Waals surface area contributed by atoms with E-state index in [4.69, 9.17) is 19.6 Å². The second-order valence-corrected chi connectivity index (χ2v) is 6.02. The number of methoxy groups -OCH3 is 2. The number of nitrogens with one attached hydrogen (secondary N) is 1. The number of benzene rings is 1. The average molecular weight is 502 g/mol. The van der Waals surface area contributed by atoms with Gasteiger partial charge in [0.1, 0.15) is 5.76 Å². The first kappa shape index (κ1) is 24.1. The van der Waals surface area contributed by atoms with E-state index >= 15 is 0 Å². The van der Waals surface area contributed by atoms with Crippen LogP contribution < -0.4 is 20.5 Å². The molecule has 0 aliphatic rings. The van der Waals surface area contributed by atoms with Gasteiger partial charge in [-0.2, -0.15) is 0 Å². The van der Waals surface area contributed by atoms with Gasteiger partial charge >= 0.3 is 0 Å². The standard InChI is InChI=1S/C20H30N4O3.HI/c1-5-24(6-2)16(17-8-7-11-27-17)14-23-20(21)22-13-15-9-10-18(25-3)19(12-15)26-4;/h7-12,16H,5-6,13-14H2,1-4H3,(H3,21,22,23);1H. The molecule has 0 saturated heterocycles. The van der Waals surface area contributed by atoms with Crippen LogP contribution in [0.4, 0.5) is 0 Å². The minimum atomic E-state index is 0. The molecule has 1 unspecified atom stereocenters. The molecule has 7 nitrogen and oxygen atoms in total. The van der Waals surface area contributed by atoms with Crippen LogP contribution in [0.5, 0.6) is 11.5 Å². The van der Waals surface area contributed by atoms with Gasteiger partial charge in [-0.1, -0.05) is 19.9 Å². The highest BCUT2D eigenvalue weighted by atomic mass is 127. The number of hydrogen-bond donors (Lipinski definition) is 2. The zero-order valence-electron chi connectivity index (χ0n) is 17.0. The average Bonchev–Trinajstić information content (AvgIpc) is 3.23. The molecule has 3 N–H and O–H groups in total. The minimum Gasteiger partial charge on any atom is -0.493 e. The second-order valence-electron chi connectivity index (χ2n) is 6.02. The SMILES string of the molecule is CCN(CC)C(CNC(N)=NCc1ccc(OC)c(OC)c1)c1ccco1.I. The van der Waals surface area contributed by atoms with Crippen molar-refractivity contribution < 1.29 is 13.9 Å². The first-order valence-electron chi connectivity index (χ1n) is 9.15. The fourth-order valence-corrected chi connectivity index (χ4v) is 2.97. The lowest BCUT2D eigenvalue weighted by Crippen LogP contribution is -2.40. The van der Waals surface area contributed by atoms with Crippen LogP contribution >= 0.6 is 24.0 Å². The van der Waals surface area contributed by atoms with Gasteiger partial charge in [-0.05, 0) is 42.9 Å². The van der Waals surface area contributed by atoms with Crippen molar-refractivity contribution in [1.82, 2.24) is 10.2 Å². The van der Waals surface area contributed by atoms with Gasteiger partial charge in [0.25, 0.3) is 0 Å². The number of nitrogens with two attached hydrogens (primary N) is 1. The molecule has 2 aromatic rings. The molecule has 1 aromatic carbocycles. The number of likely N-dealkylation sites (N-methyl/N-ethyl adjacent to an activating group) is 1. The maximum absolute atomic E-state index is 6.07. The Hall–Kier alpha value is -1.94. The van der Waals surface area contributed by atoms with E-state index < -0.39 is 0 Å². The Morgan fingerprint density at radius 3 is 2.46 bits per heavy atom. The van der Waals surface area contributed by atoms with Crippen molar-refractivity contribution >= 4 is 29.9 Å². The predicted molar refractivity (Wildman–Crippen MR) is 123 cm³/mol. The van der Waals surface area contributed by atoms with E-state index in [1.165, 1.54) is 0 Å². The van der Waals surface area contributed by atoms with E-state index in [2.05, 4.69) is 29.1 Å². The molecule has 0 aliphatic carbocycles. The van der Waals surface area contributed by atoms with E-state index in [1.54, 1.807) is 20.5 Å². The number of furan rings is 1. The van der Waals surface area contributed by atoms with Gasteiger partial charge in [0.05, 0.1) is 33.1 Å². The molecule has 8 heteroatoms. The van der Waals surface area contributed by atoms with Crippen LogP contribution in [0.2, 0.25) is 0 Å². The molecule has 0 aliphatic heterocycles. The van der Waals surface area contributed by atoms with Crippen molar-refractivity contribution in [2.75, 3.05) is 33.9 Å². The molecule has 0 bridgehead atoms. The smallest absolute Gasteiger partial charge is 0.188 e. The first-order chi connectivity index (χ1) is 13.1. The fraction of sp³-hybridized carbons (Fsp3) is 0.450. The number of hydrogen-bond acceptors (Lipinski definition) is 5. The molecule has 0 radical (unpaired) electrons. The van der Waals surface area contributed by atoms with Gasteiger partial charge in [-0.15, -0.1) is 24.0 Å². The van der Waals surface area contributed by atoms with Crippen molar-refractivity contribution in [1.29, 1.82) is 0 Å². The van der Waals surface area contributed by atoms with Gasteiger partial charge in [0.15, 0.2) is 17.5 Å². The zero-order chi connectivity index (χ0) is 19.6. The molecular formula is C20H31IN4O3. The molecule has 1 aromatic heterocycles. The van der Waals surface area contributed by atoms with Crippen LogP contribution in [-0.2, 0) is 6.54 Å². The first-order valence-corrected chi connectivity index (χ1v) is 9.15. The van der Waals surface area contributed by atoms with E-state index in [-0.39, 0.29) is 30.0 Å². The van der Waals surface area contributed by atoms with Crippen molar-refractivity contribution in [3.8, 4) is 11.5 Å². The summed E-state index contributed by atoms with van der Waals surface area (Å²) in [5.74, 6) is 2.68. The number of aliphatic imine (C=N–C) groups is 1. The Kier molecular flexibility index (Phi) is 10.8. The Labute approximate surface area is 184 Å². The Balaban J connectivity index is 0.00000392. The summed E-state index contributed by atoms with van der Waals surface area (Å²) in [7, 11) is 3.23. The number of halogens is 1. The molecular weight excluding hydrogens is 471 g/mol.